The molecule has 3 N–H and O–H groups in total. The predicted molar refractivity (Wildman–Crippen MR) is 49.3 cm³/mol. The Morgan fingerprint density at radius 2 is 2.08 bits per heavy atom. The van der Waals surface area contributed by atoms with Crippen molar-refractivity contribution in [2.24, 2.45) is 4.99 Å². The number of aliphatic imine (C=N–C) groups is 1. The van der Waals surface area contributed by atoms with Gasteiger partial charge in [0.1, 0.15) is 0 Å². The molecule has 1 aromatic carbocycles. The third kappa shape index (κ3) is 2.45. The molecule has 13 heavy (non-hydrogen) atoms. The Balaban J connectivity index is 2.83. The first-order valence-corrected chi connectivity index (χ1v) is 3.87. The number of aliphatic hydroxyl groups excluding tert-OH is 1. The van der Waals surface area contributed by atoms with Crippen LogP contribution in [0, 0.1) is 0 Å². The van der Waals surface area contributed by atoms with E-state index < -0.39 is 0 Å². The molecule has 1 rings (SSSR count). The molecule has 0 aliphatic rings. The maximum absolute atomic E-state index is 9.29. The van der Waals surface area contributed by atoms with Crippen LogP contribution < -0.4 is 0 Å². The van der Waals surface area contributed by atoms with Gasteiger partial charge in [-0.3, -0.25) is 4.99 Å². The van der Waals surface area contributed by atoms with Crippen molar-refractivity contribution in [3.05, 3.63) is 23.8 Å². The molecule has 0 unspecified atom stereocenters. The van der Waals surface area contributed by atoms with Gasteiger partial charge in [-0.15, -0.1) is 0 Å². The molecule has 0 aliphatic heterocycles. The van der Waals surface area contributed by atoms with Gasteiger partial charge < -0.3 is 15.3 Å². The van der Waals surface area contributed by atoms with E-state index in [2.05, 4.69) is 4.99 Å². The third-order valence-electron chi connectivity index (χ3n) is 1.51. The summed E-state index contributed by atoms with van der Waals surface area (Å²) in [6, 6.07) is 4.62. The van der Waals surface area contributed by atoms with E-state index in [1.165, 1.54) is 12.3 Å². The largest absolute Gasteiger partial charge is 0.504 e. The van der Waals surface area contributed by atoms with Gasteiger partial charge in [0.05, 0.1) is 13.2 Å². The highest BCUT2D eigenvalue weighted by Crippen LogP contribution is 2.26. The second-order valence-electron chi connectivity index (χ2n) is 2.47. The molecule has 4 nitrogen and oxygen atoms in total. The van der Waals surface area contributed by atoms with Gasteiger partial charge in [-0.1, -0.05) is 6.07 Å². The fourth-order valence-electron chi connectivity index (χ4n) is 0.873. The van der Waals surface area contributed by atoms with Crippen LogP contribution >= 0.6 is 0 Å². The van der Waals surface area contributed by atoms with Crippen molar-refractivity contribution in [1.82, 2.24) is 0 Å². The van der Waals surface area contributed by atoms with Crippen LogP contribution in [0.1, 0.15) is 5.56 Å². The average molecular weight is 181 g/mol. The van der Waals surface area contributed by atoms with Crippen molar-refractivity contribution in [3.63, 3.8) is 0 Å². The van der Waals surface area contributed by atoms with E-state index in [1.54, 1.807) is 12.1 Å². The molecule has 1 aromatic rings. The number of rotatable bonds is 3. The maximum Gasteiger partial charge on any atom is 0.166 e. The van der Waals surface area contributed by atoms with Crippen molar-refractivity contribution >= 4 is 6.21 Å². The van der Waals surface area contributed by atoms with Crippen LogP contribution in [0.15, 0.2) is 23.2 Å². The molecular formula is C9H11NO3. The molecule has 0 atom stereocenters. The number of para-hydroxylation sites is 1. The molecule has 0 fully saturated rings. The summed E-state index contributed by atoms with van der Waals surface area (Å²) in [5.74, 6) is -0.364. The number of phenols is 2. The molecular weight excluding hydrogens is 170 g/mol. The minimum atomic E-state index is -0.191. The van der Waals surface area contributed by atoms with Crippen LogP contribution in [0.25, 0.3) is 0 Å². The van der Waals surface area contributed by atoms with Gasteiger partial charge in [-0.2, -0.15) is 0 Å². The Hall–Kier alpha value is -1.55. The molecule has 0 radical (unpaired) electrons. The topological polar surface area (TPSA) is 73.1 Å². The minimum Gasteiger partial charge on any atom is -0.504 e. The number of phenolic OH excluding ortho intramolecular Hbond substituents is 2. The van der Waals surface area contributed by atoms with Crippen molar-refractivity contribution in [1.29, 1.82) is 0 Å². The van der Waals surface area contributed by atoms with Gasteiger partial charge in [0.2, 0.25) is 0 Å². The summed E-state index contributed by atoms with van der Waals surface area (Å²) < 4.78 is 0. The molecule has 70 valence electrons. The van der Waals surface area contributed by atoms with E-state index in [4.69, 9.17) is 10.2 Å². The zero-order valence-corrected chi connectivity index (χ0v) is 7.01. The highest BCUT2D eigenvalue weighted by atomic mass is 16.3. The minimum absolute atomic E-state index is 0.0317. The fraction of sp³-hybridized carbons (Fsp3) is 0.222. The van der Waals surface area contributed by atoms with Crippen LogP contribution in [-0.4, -0.2) is 34.7 Å². The number of hydrogen-bond donors (Lipinski definition) is 3. The lowest BCUT2D eigenvalue weighted by atomic mass is 10.2. The van der Waals surface area contributed by atoms with Crippen LogP contribution in [0.4, 0.5) is 0 Å². The zero-order chi connectivity index (χ0) is 9.68. The van der Waals surface area contributed by atoms with Crippen molar-refractivity contribution < 1.29 is 15.3 Å². The summed E-state index contributed by atoms with van der Waals surface area (Å²) in [4.78, 5) is 3.82. The van der Waals surface area contributed by atoms with Gasteiger partial charge in [-0.25, -0.2) is 0 Å². The quantitative estimate of drug-likeness (QED) is 0.470. The number of aliphatic hydroxyl groups is 1. The van der Waals surface area contributed by atoms with E-state index in [9.17, 15) is 5.11 Å². The van der Waals surface area contributed by atoms with Crippen LogP contribution in [0.2, 0.25) is 0 Å². The number of nitrogens with zero attached hydrogens (tertiary/aromatic N) is 1. The molecule has 4 heteroatoms. The zero-order valence-electron chi connectivity index (χ0n) is 7.01. The first-order chi connectivity index (χ1) is 6.25. The van der Waals surface area contributed by atoms with E-state index in [0.717, 1.165) is 0 Å². The lowest BCUT2D eigenvalue weighted by Crippen LogP contribution is -1.89. The van der Waals surface area contributed by atoms with Crippen LogP contribution in [-0.2, 0) is 0 Å². The van der Waals surface area contributed by atoms with Gasteiger partial charge in [0, 0.05) is 11.8 Å². The standard InChI is InChI=1S/C9H11NO3/c11-5-4-10-6-7-2-1-3-8(12)9(7)13/h1-3,6,11-13H,4-5H2/b10-6+. The molecule has 0 aliphatic carbocycles. The van der Waals surface area contributed by atoms with Crippen molar-refractivity contribution in [3.8, 4) is 11.5 Å². The molecule has 0 heterocycles. The van der Waals surface area contributed by atoms with Gasteiger partial charge in [0.25, 0.3) is 0 Å². The summed E-state index contributed by atoms with van der Waals surface area (Å²) >= 11 is 0. The molecule has 0 spiro atoms. The van der Waals surface area contributed by atoms with E-state index in [0.29, 0.717) is 5.56 Å². The van der Waals surface area contributed by atoms with Crippen molar-refractivity contribution in [2.45, 2.75) is 0 Å². The normalized spacial score (nSPS) is 10.8. The third-order valence-corrected chi connectivity index (χ3v) is 1.51. The highest BCUT2D eigenvalue weighted by molar-refractivity contribution is 5.84. The SMILES string of the molecule is OCC/N=C/c1cccc(O)c1O. The Bertz CT molecular complexity index is 310. The summed E-state index contributed by atoms with van der Waals surface area (Å²) in [6.07, 6.45) is 1.41. The van der Waals surface area contributed by atoms with E-state index in [1.807, 2.05) is 0 Å². The summed E-state index contributed by atoms with van der Waals surface area (Å²) in [5, 5.41) is 26.8. The lowest BCUT2D eigenvalue weighted by Gasteiger charge is -1.99. The molecule has 0 aromatic heterocycles. The summed E-state index contributed by atoms with van der Waals surface area (Å²) in [5.41, 5.74) is 0.438. The Labute approximate surface area is 75.8 Å². The number of hydrogen-bond acceptors (Lipinski definition) is 4. The maximum atomic E-state index is 9.29. The first-order valence-electron chi connectivity index (χ1n) is 3.87. The highest BCUT2D eigenvalue weighted by Gasteiger charge is 2.01. The van der Waals surface area contributed by atoms with E-state index in [-0.39, 0.29) is 24.7 Å². The Morgan fingerprint density at radius 1 is 1.31 bits per heavy atom. The second-order valence-corrected chi connectivity index (χ2v) is 2.47. The smallest absolute Gasteiger partial charge is 0.166 e. The lowest BCUT2D eigenvalue weighted by molar-refractivity contribution is 0.307. The van der Waals surface area contributed by atoms with Gasteiger partial charge in [-0.05, 0) is 12.1 Å². The fourth-order valence-corrected chi connectivity index (χ4v) is 0.873. The Morgan fingerprint density at radius 3 is 2.77 bits per heavy atom. The number of benzene rings is 1. The molecule has 0 amide bonds. The molecule has 0 bridgehead atoms. The number of aromatic hydroxyl groups is 2. The Kier molecular flexibility index (Phi) is 3.28. The first kappa shape index (κ1) is 9.54. The van der Waals surface area contributed by atoms with Crippen molar-refractivity contribution in [2.75, 3.05) is 13.2 Å². The van der Waals surface area contributed by atoms with Crippen LogP contribution in [0.5, 0.6) is 11.5 Å². The van der Waals surface area contributed by atoms with Gasteiger partial charge >= 0.3 is 0 Å². The van der Waals surface area contributed by atoms with Crippen LogP contribution in [0.3, 0.4) is 0 Å². The summed E-state index contributed by atoms with van der Waals surface area (Å²) in [7, 11) is 0. The average Bonchev–Trinajstić information content (AvgIpc) is 2.13. The predicted octanol–water partition coefficient (Wildman–Crippen LogP) is 0.509. The molecule has 0 saturated carbocycles. The summed E-state index contributed by atoms with van der Waals surface area (Å²) in [6.45, 7) is 0.255. The monoisotopic (exact) mass is 181 g/mol. The molecule has 0 saturated heterocycles. The second kappa shape index (κ2) is 4.47. The van der Waals surface area contributed by atoms with E-state index >= 15 is 0 Å². The van der Waals surface area contributed by atoms with Gasteiger partial charge in [0.15, 0.2) is 11.5 Å².